The van der Waals surface area contributed by atoms with Crippen molar-refractivity contribution in [1.29, 1.82) is 0 Å². The molecule has 0 amide bonds. The van der Waals surface area contributed by atoms with Crippen molar-refractivity contribution in [2.24, 2.45) is 10.7 Å². The summed E-state index contributed by atoms with van der Waals surface area (Å²) in [7, 11) is 0. The lowest BCUT2D eigenvalue weighted by molar-refractivity contribution is -0.138. The van der Waals surface area contributed by atoms with Gasteiger partial charge in [0.1, 0.15) is 6.04 Å². The van der Waals surface area contributed by atoms with Crippen LogP contribution in [0, 0.1) is 0 Å². The maximum atomic E-state index is 10.4. The summed E-state index contributed by atoms with van der Waals surface area (Å²) in [6.45, 7) is 1.91. The minimum absolute atomic E-state index is 0.399. The molecule has 4 nitrogen and oxygen atoms in total. The third kappa shape index (κ3) is 2.17. The van der Waals surface area contributed by atoms with Crippen LogP contribution in [0.4, 0.5) is 0 Å². The van der Waals surface area contributed by atoms with Gasteiger partial charge in [0.15, 0.2) is 0 Å². The Labute approximate surface area is 70.8 Å². The third-order valence-corrected chi connectivity index (χ3v) is 1.75. The zero-order valence-electron chi connectivity index (χ0n) is 6.95. The number of aliphatic carboxylic acids is 1. The molecule has 0 radical (unpaired) electrons. The number of hydrogen-bond donors (Lipinski definition) is 2. The van der Waals surface area contributed by atoms with Crippen molar-refractivity contribution in [2.75, 3.05) is 0 Å². The van der Waals surface area contributed by atoms with Crippen LogP contribution in [-0.2, 0) is 4.79 Å². The second-order valence-corrected chi connectivity index (χ2v) is 2.98. The maximum absolute atomic E-state index is 10.4. The van der Waals surface area contributed by atoms with Gasteiger partial charge >= 0.3 is 5.97 Å². The quantitative estimate of drug-likeness (QED) is 0.645. The van der Waals surface area contributed by atoms with E-state index < -0.39 is 12.0 Å². The van der Waals surface area contributed by atoms with Crippen molar-refractivity contribution >= 4 is 11.7 Å². The van der Waals surface area contributed by atoms with Gasteiger partial charge in [-0.2, -0.15) is 0 Å². The number of carboxylic acids is 1. The highest BCUT2D eigenvalue weighted by Gasteiger charge is 2.15. The van der Waals surface area contributed by atoms with E-state index in [2.05, 4.69) is 4.99 Å². The van der Waals surface area contributed by atoms with Crippen molar-refractivity contribution in [1.82, 2.24) is 0 Å². The first-order valence-corrected chi connectivity index (χ1v) is 3.79. The molecule has 0 bridgehead atoms. The van der Waals surface area contributed by atoms with Gasteiger partial charge in [0.2, 0.25) is 0 Å². The number of nitrogens with zero attached hydrogens (tertiary/aromatic N) is 1. The highest BCUT2D eigenvalue weighted by Crippen LogP contribution is 2.16. The minimum Gasteiger partial charge on any atom is -0.480 e. The predicted octanol–water partition coefficient (Wildman–Crippen LogP) is 0.537. The molecule has 0 aromatic heterocycles. The van der Waals surface area contributed by atoms with Crippen molar-refractivity contribution in [3.05, 3.63) is 11.8 Å². The molecule has 1 aliphatic rings. The summed E-state index contributed by atoms with van der Waals surface area (Å²) < 4.78 is 0. The third-order valence-electron chi connectivity index (χ3n) is 1.75. The van der Waals surface area contributed by atoms with Crippen LogP contribution in [0.5, 0.6) is 0 Å². The topological polar surface area (TPSA) is 75.7 Å². The summed E-state index contributed by atoms with van der Waals surface area (Å²) in [5.74, 6) is -0.958. The molecule has 4 heteroatoms. The van der Waals surface area contributed by atoms with Crippen LogP contribution in [0.25, 0.3) is 0 Å². The van der Waals surface area contributed by atoms with Crippen LogP contribution in [0.1, 0.15) is 19.8 Å². The Morgan fingerprint density at radius 2 is 2.58 bits per heavy atom. The van der Waals surface area contributed by atoms with E-state index in [1.54, 1.807) is 6.20 Å². The highest BCUT2D eigenvalue weighted by atomic mass is 16.4. The number of aliphatic imine (C=N–C) groups is 1. The molecule has 0 aromatic rings. The standard InChI is InChI=1S/C8H12N2O2/c1-5-2-6(4-10-5)3-7(9)8(11)12/h4,7H,2-3,9H2,1H3,(H,11,12). The molecular weight excluding hydrogens is 156 g/mol. The molecule has 1 rings (SSSR count). The Kier molecular flexibility index (Phi) is 2.60. The van der Waals surface area contributed by atoms with E-state index >= 15 is 0 Å². The number of carbonyl (C=O) groups is 1. The van der Waals surface area contributed by atoms with Crippen LogP contribution in [0.15, 0.2) is 16.8 Å². The number of nitrogens with two attached hydrogens (primary N) is 1. The number of carboxylic acid groups (broad SMARTS) is 1. The Morgan fingerprint density at radius 1 is 1.92 bits per heavy atom. The molecule has 0 saturated carbocycles. The average Bonchev–Trinajstić information content (AvgIpc) is 2.35. The van der Waals surface area contributed by atoms with Crippen molar-refractivity contribution in [3.8, 4) is 0 Å². The Morgan fingerprint density at radius 3 is 3.00 bits per heavy atom. The molecule has 0 fully saturated rings. The van der Waals surface area contributed by atoms with Gasteiger partial charge < -0.3 is 10.8 Å². The average molecular weight is 168 g/mol. The van der Waals surface area contributed by atoms with Gasteiger partial charge in [-0.1, -0.05) is 0 Å². The highest BCUT2D eigenvalue weighted by molar-refractivity contribution is 5.87. The number of rotatable bonds is 3. The Bertz CT molecular complexity index is 256. The number of hydrogen-bond acceptors (Lipinski definition) is 3. The van der Waals surface area contributed by atoms with Gasteiger partial charge in [-0.05, 0) is 18.9 Å². The summed E-state index contributed by atoms with van der Waals surface area (Å²) >= 11 is 0. The molecule has 0 saturated heterocycles. The second kappa shape index (κ2) is 3.49. The lowest BCUT2D eigenvalue weighted by Crippen LogP contribution is -2.30. The first kappa shape index (κ1) is 8.93. The lowest BCUT2D eigenvalue weighted by Gasteiger charge is -2.05. The summed E-state index contributed by atoms with van der Waals surface area (Å²) in [4.78, 5) is 14.4. The van der Waals surface area contributed by atoms with Crippen LogP contribution in [-0.4, -0.2) is 22.8 Å². The first-order valence-electron chi connectivity index (χ1n) is 3.79. The van der Waals surface area contributed by atoms with Crippen LogP contribution in [0.3, 0.4) is 0 Å². The van der Waals surface area contributed by atoms with Gasteiger partial charge in [-0.15, -0.1) is 0 Å². The smallest absolute Gasteiger partial charge is 0.320 e. The zero-order chi connectivity index (χ0) is 9.14. The van der Waals surface area contributed by atoms with Crippen LogP contribution >= 0.6 is 0 Å². The van der Waals surface area contributed by atoms with Crippen molar-refractivity contribution < 1.29 is 9.90 Å². The van der Waals surface area contributed by atoms with Crippen LogP contribution < -0.4 is 5.73 Å². The van der Waals surface area contributed by atoms with Gasteiger partial charge in [0, 0.05) is 18.3 Å². The predicted molar refractivity (Wildman–Crippen MR) is 46.0 cm³/mol. The largest absolute Gasteiger partial charge is 0.480 e. The van der Waals surface area contributed by atoms with E-state index in [9.17, 15) is 4.79 Å². The fraction of sp³-hybridized carbons (Fsp3) is 0.500. The van der Waals surface area contributed by atoms with E-state index in [-0.39, 0.29) is 0 Å². The molecule has 3 N–H and O–H groups in total. The van der Waals surface area contributed by atoms with E-state index in [0.29, 0.717) is 6.42 Å². The van der Waals surface area contributed by atoms with E-state index in [1.807, 2.05) is 6.92 Å². The van der Waals surface area contributed by atoms with E-state index in [0.717, 1.165) is 17.7 Å². The Hall–Kier alpha value is -1.16. The van der Waals surface area contributed by atoms with E-state index in [1.165, 1.54) is 0 Å². The fourth-order valence-corrected chi connectivity index (χ4v) is 1.12. The molecule has 66 valence electrons. The monoisotopic (exact) mass is 168 g/mol. The second-order valence-electron chi connectivity index (χ2n) is 2.98. The summed E-state index contributed by atoms with van der Waals surface area (Å²) in [6.07, 6.45) is 2.87. The van der Waals surface area contributed by atoms with E-state index in [4.69, 9.17) is 10.8 Å². The fourth-order valence-electron chi connectivity index (χ4n) is 1.12. The molecular formula is C8H12N2O2. The van der Waals surface area contributed by atoms with Crippen LogP contribution in [0.2, 0.25) is 0 Å². The van der Waals surface area contributed by atoms with Gasteiger partial charge in [-0.25, -0.2) is 0 Å². The normalized spacial score (nSPS) is 18.5. The Balaban J connectivity index is 2.40. The molecule has 12 heavy (non-hydrogen) atoms. The zero-order valence-corrected chi connectivity index (χ0v) is 6.95. The summed E-state index contributed by atoms with van der Waals surface area (Å²) in [5, 5.41) is 8.52. The van der Waals surface area contributed by atoms with Gasteiger partial charge in [-0.3, -0.25) is 9.79 Å². The van der Waals surface area contributed by atoms with Gasteiger partial charge in [0.05, 0.1) is 0 Å². The minimum atomic E-state index is -0.958. The first-order chi connectivity index (χ1) is 5.59. The van der Waals surface area contributed by atoms with Crippen molar-refractivity contribution in [2.45, 2.75) is 25.8 Å². The van der Waals surface area contributed by atoms with Crippen molar-refractivity contribution in [3.63, 3.8) is 0 Å². The molecule has 1 unspecified atom stereocenters. The SMILES string of the molecule is CC1=NC=C(CC(N)C(=O)O)C1. The molecule has 1 aliphatic heterocycles. The maximum Gasteiger partial charge on any atom is 0.320 e. The molecule has 1 atom stereocenters. The van der Waals surface area contributed by atoms with Gasteiger partial charge in [0.25, 0.3) is 0 Å². The molecule has 0 spiro atoms. The molecule has 0 aromatic carbocycles. The summed E-state index contributed by atoms with van der Waals surface area (Å²) in [5.41, 5.74) is 7.37. The summed E-state index contributed by atoms with van der Waals surface area (Å²) in [6, 6.07) is -0.794. The molecule has 0 aliphatic carbocycles. The molecule has 1 heterocycles. The lowest BCUT2D eigenvalue weighted by atomic mass is 10.0.